The quantitative estimate of drug-likeness (QED) is 0.721. The van der Waals surface area contributed by atoms with Crippen molar-refractivity contribution in [2.24, 2.45) is 0 Å². The third kappa shape index (κ3) is 6.03. The number of piperidine rings is 1. The molecule has 0 aliphatic carbocycles. The molecule has 0 radical (unpaired) electrons. The maximum atomic E-state index is 12.4. The van der Waals surface area contributed by atoms with Gasteiger partial charge >= 0.3 is 0 Å². The molecule has 162 valence electrons. The van der Waals surface area contributed by atoms with Gasteiger partial charge in [-0.15, -0.1) is 0 Å². The van der Waals surface area contributed by atoms with E-state index in [1.54, 1.807) is 38.5 Å². The highest BCUT2D eigenvalue weighted by Gasteiger charge is 2.23. The molecule has 2 atom stereocenters. The average molecular weight is 440 g/mol. The second kappa shape index (κ2) is 10.4. The standard InChI is InChI=1S/C23H26ClN5O2/c1-29(2)23(31)17-10-16(11-18(24)12-17)20-7-6-15(14-27-20)9-19(13-25)28-22(30)21-5-3-4-8-26-21/h6-7,10-12,14,19,21,26H,3-5,8-9H2,1-2H3,(H,28,30)/t19?,21-/m0/s1. The van der Waals surface area contributed by atoms with E-state index in [-0.39, 0.29) is 17.9 Å². The predicted molar refractivity (Wildman–Crippen MR) is 120 cm³/mol. The summed E-state index contributed by atoms with van der Waals surface area (Å²) in [6, 6.07) is 10.1. The van der Waals surface area contributed by atoms with Gasteiger partial charge in [-0.05, 0) is 49.2 Å². The number of carbonyl (C=O) groups excluding carboxylic acids is 2. The Labute approximate surface area is 187 Å². The van der Waals surface area contributed by atoms with Crippen molar-refractivity contribution in [1.29, 1.82) is 5.26 Å². The van der Waals surface area contributed by atoms with Crippen LogP contribution >= 0.6 is 11.6 Å². The third-order valence-corrected chi connectivity index (χ3v) is 5.43. The summed E-state index contributed by atoms with van der Waals surface area (Å²) in [6.45, 7) is 0.825. The van der Waals surface area contributed by atoms with Crippen LogP contribution in [0, 0.1) is 11.3 Å². The number of hydrogen-bond donors (Lipinski definition) is 2. The zero-order chi connectivity index (χ0) is 22.4. The number of carbonyl (C=O) groups is 2. The minimum absolute atomic E-state index is 0.132. The summed E-state index contributed by atoms with van der Waals surface area (Å²) in [6.07, 6.45) is 4.92. The van der Waals surface area contributed by atoms with Gasteiger partial charge < -0.3 is 15.5 Å². The van der Waals surface area contributed by atoms with Crippen LogP contribution in [0.1, 0.15) is 35.2 Å². The fourth-order valence-electron chi connectivity index (χ4n) is 3.55. The van der Waals surface area contributed by atoms with Crippen LogP contribution in [-0.4, -0.2) is 54.4 Å². The van der Waals surface area contributed by atoms with Gasteiger partial charge in [0.05, 0.1) is 17.8 Å². The Morgan fingerprint density at radius 1 is 1.32 bits per heavy atom. The highest BCUT2D eigenvalue weighted by Crippen LogP contribution is 2.24. The first-order valence-corrected chi connectivity index (χ1v) is 10.7. The molecule has 0 bridgehead atoms. The summed E-state index contributed by atoms with van der Waals surface area (Å²) in [5.74, 6) is -0.270. The van der Waals surface area contributed by atoms with E-state index in [1.165, 1.54) is 4.90 Å². The zero-order valence-electron chi connectivity index (χ0n) is 17.7. The van der Waals surface area contributed by atoms with Crippen LogP contribution in [-0.2, 0) is 11.2 Å². The van der Waals surface area contributed by atoms with Crippen LogP contribution in [0.2, 0.25) is 5.02 Å². The van der Waals surface area contributed by atoms with E-state index in [9.17, 15) is 14.9 Å². The highest BCUT2D eigenvalue weighted by molar-refractivity contribution is 6.31. The van der Waals surface area contributed by atoms with Crippen LogP contribution in [0.25, 0.3) is 11.3 Å². The third-order valence-electron chi connectivity index (χ3n) is 5.21. The second-order valence-electron chi connectivity index (χ2n) is 7.88. The molecule has 31 heavy (non-hydrogen) atoms. The van der Waals surface area contributed by atoms with Crippen LogP contribution < -0.4 is 10.6 Å². The predicted octanol–water partition coefficient (Wildman–Crippen LogP) is 2.80. The lowest BCUT2D eigenvalue weighted by Crippen LogP contribution is -2.49. The second-order valence-corrected chi connectivity index (χ2v) is 8.31. The first kappa shape index (κ1) is 22.7. The molecule has 7 nitrogen and oxygen atoms in total. The topological polar surface area (TPSA) is 98.1 Å². The lowest BCUT2D eigenvalue weighted by Gasteiger charge is -2.23. The first-order valence-electron chi connectivity index (χ1n) is 10.3. The fourth-order valence-corrected chi connectivity index (χ4v) is 3.78. The molecule has 2 aromatic rings. The Morgan fingerprint density at radius 2 is 2.13 bits per heavy atom. The Morgan fingerprint density at radius 3 is 2.74 bits per heavy atom. The van der Waals surface area contributed by atoms with Crippen molar-refractivity contribution < 1.29 is 9.59 Å². The maximum Gasteiger partial charge on any atom is 0.253 e. The van der Waals surface area contributed by atoms with Gasteiger partial charge in [-0.2, -0.15) is 5.26 Å². The number of nitrogens with zero attached hydrogens (tertiary/aromatic N) is 3. The molecule has 1 aromatic carbocycles. The largest absolute Gasteiger partial charge is 0.345 e. The molecule has 1 aliphatic rings. The minimum Gasteiger partial charge on any atom is -0.345 e. The van der Waals surface area contributed by atoms with Crippen molar-refractivity contribution in [3.63, 3.8) is 0 Å². The smallest absolute Gasteiger partial charge is 0.253 e. The van der Waals surface area contributed by atoms with E-state index in [0.29, 0.717) is 22.7 Å². The van der Waals surface area contributed by atoms with E-state index < -0.39 is 6.04 Å². The number of amides is 2. The fraction of sp³-hybridized carbons (Fsp3) is 0.391. The monoisotopic (exact) mass is 439 g/mol. The van der Waals surface area contributed by atoms with Crippen LogP contribution in [0.15, 0.2) is 36.5 Å². The van der Waals surface area contributed by atoms with Gasteiger partial charge in [0.1, 0.15) is 6.04 Å². The molecule has 0 spiro atoms. The highest BCUT2D eigenvalue weighted by atomic mass is 35.5. The van der Waals surface area contributed by atoms with Crippen LogP contribution in [0.5, 0.6) is 0 Å². The van der Waals surface area contributed by atoms with Crippen molar-refractivity contribution in [1.82, 2.24) is 20.5 Å². The van der Waals surface area contributed by atoms with Gasteiger partial charge in [0.2, 0.25) is 5.91 Å². The number of hydrogen-bond acceptors (Lipinski definition) is 5. The molecule has 2 N–H and O–H groups in total. The van der Waals surface area contributed by atoms with Gasteiger partial charge in [-0.1, -0.05) is 24.1 Å². The van der Waals surface area contributed by atoms with Crippen molar-refractivity contribution in [2.45, 2.75) is 37.8 Å². The number of rotatable bonds is 6. The molecule has 1 saturated heterocycles. The van der Waals surface area contributed by atoms with E-state index in [0.717, 1.165) is 36.9 Å². The van der Waals surface area contributed by atoms with Gasteiger partial charge in [0.15, 0.2) is 0 Å². The molecule has 2 heterocycles. The van der Waals surface area contributed by atoms with E-state index in [2.05, 4.69) is 21.7 Å². The summed E-state index contributed by atoms with van der Waals surface area (Å²) in [4.78, 5) is 30.6. The van der Waals surface area contributed by atoms with Crippen molar-refractivity contribution in [3.05, 3.63) is 52.7 Å². The van der Waals surface area contributed by atoms with E-state index in [1.807, 2.05) is 12.1 Å². The van der Waals surface area contributed by atoms with Gasteiger partial charge in [0, 0.05) is 42.9 Å². The minimum atomic E-state index is -0.626. The summed E-state index contributed by atoms with van der Waals surface area (Å²) >= 11 is 6.20. The summed E-state index contributed by atoms with van der Waals surface area (Å²) in [7, 11) is 3.37. The van der Waals surface area contributed by atoms with Gasteiger partial charge in [-0.3, -0.25) is 14.6 Å². The average Bonchev–Trinajstić information content (AvgIpc) is 2.78. The molecule has 1 unspecified atom stereocenters. The first-order chi connectivity index (χ1) is 14.9. The molecule has 1 aromatic heterocycles. The molecule has 3 rings (SSSR count). The normalized spacial score (nSPS) is 16.8. The summed E-state index contributed by atoms with van der Waals surface area (Å²) in [5, 5.41) is 15.9. The lowest BCUT2D eigenvalue weighted by molar-refractivity contribution is -0.124. The van der Waals surface area contributed by atoms with E-state index >= 15 is 0 Å². The molecule has 8 heteroatoms. The number of nitriles is 1. The summed E-state index contributed by atoms with van der Waals surface area (Å²) < 4.78 is 0. The number of benzene rings is 1. The van der Waals surface area contributed by atoms with Gasteiger partial charge in [0.25, 0.3) is 5.91 Å². The molecular formula is C23H26ClN5O2. The maximum absolute atomic E-state index is 12.4. The number of halogens is 1. The Hall–Kier alpha value is -2.95. The Bertz CT molecular complexity index is 978. The Kier molecular flexibility index (Phi) is 7.61. The molecule has 1 aliphatic heterocycles. The van der Waals surface area contributed by atoms with Crippen molar-refractivity contribution >= 4 is 23.4 Å². The molecule has 1 fully saturated rings. The summed E-state index contributed by atoms with van der Waals surface area (Å²) in [5.41, 5.74) is 2.72. The van der Waals surface area contributed by atoms with Crippen molar-refractivity contribution in [2.75, 3.05) is 20.6 Å². The molecule has 2 amide bonds. The molecular weight excluding hydrogens is 414 g/mol. The molecule has 0 saturated carbocycles. The number of pyridine rings is 1. The SMILES string of the molecule is CN(C)C(=O)c1cc(Cl)cc(-c2ccc(CC(C#N)NC(=O)[C@@H]3CCCCN3)cn2)c1. The lowest BCUT2D eigenvalue weighted by atomic mass is 10.0. The Balaban J connectivity index is 1.69. The van der Waals surface area contributed by atoms with Crippen LogP contribution in [0.3, 0.4) is 0 Å². The van der Waals surface area contributed by atoms with Crippen molar-refractivity contribution in [3.8, 4) is 17.3 Å². The van der Waals surface area contributed by atoms with Gasteiger partial charge in [-0.25, -0.2) is 0 Å². The number of nitrogens with one attached hydrogen (secondary N) is 2. The van der Waals surface area contributed by atoms with Crippen LogP contribution in [0.4, 0.5) is 0 Å². The zero-order valence-corrected chi connectivity index (χ0v) is 18.4. The van der Waals surface area contributed by atoms with E-state index in [4.69, 9.17) is 11.6 Å². The number of aromatic nitrogens is 1.